The van der Waals surface area contributed by atoms with Crippen LogP contribution in [0.5, 0.6) is 5.75 Å². The van der Waals surface area contributed by atoms with Crippen molar-refractivity contribution in [2.75, 3.05) is 6.54 Å². The van der Waals surface area contributed by atoms with Gasteiger partial charge in [-0.3, -0.25) is 4.99 Å². The minimum absolute atomic E-state index is 0.452. The van der Waals surface area contributed by atoms with E-state index in [9.17, 15) is 0 Å². The van der Waals surface area contributed by atoms with Gasteiger partial charge in [-0.2, -0.15) is 0 Å². The fourth-order valence-corrected chi connectivity index (χ4v) is 1.96. The van der Waals surface area contributed by atoms with E-state index in [0.717, 1.165) is 23.8 Å². The molecule has 0 saturated heterocycles. The lowest BCUT2D eigenvalue weighted by Gasteiger charge is -2.26. The summed E-state index contributed by atoms with van der Waals surface area (Å²) in [5.74, 6) is 1.85. The van der Waals surface area contributed by atoms with Gasteiger partial charge in [0, 0.05) is 12.8 Å². The number of benzene rings is 1. The summed E-state index contributed by atoms with van der Waals surface area (Å²) < 4.78 is 5.87. The molecule has 0 radical (unpaired) electrons. The summed E-state index contributed by atoms with van der Waals surface area (Å²) in [4.78, 5) is 4.48. The summed E-state index contributed by atoms with van der Waals surface area (Å²) in [6.07, 6.45) is 8.89. The van der Waals surface area contributed by atoms with Gasteiger partial charge >= 0.3 is 0 Å². The topological polar surface area (TPSA) is 21.6 Å². The first-order valence-electron chi connectivity index (χ1n) is 6.67. The van der Waals surface area contributed by atoms with Crippen molar-refractivity contribution in [2.24, 2.45) is 10.9 Å². The molecule has 0 bridgehead atoms. The second-order valence-corrected chi connectivity index (χ2v) is 5.18. The van der Waals surface area contributed by atoms with Crippen molar-refractivity contribution in [3.8, 4) is 5.75 Å². The van der Waals surface area contributed by atoms with Crippen LogP contribution in [0.25, 0.3) is 0 Å². The molecule has 0 aliphatic heterocycles. The van der Waals surface area contributed by atoms with Crippen LogP contribution in [0.3, 0.4) is 0 Å². The molecule has 2 aliphatic carbocycles. The molecule has 0 N–H and O–H groups in total. The van der Waals surface area contributed by atoms with Crippen LogP contribution < -0.4 is 4.74 Å². The van der Waals surface area contributed by atoms with Gasteiger partial charge in [-0.1, -0.05) is 12.1 Å². The van der Waals surface area contributed by atoms with E-state index in [4.69, 9.17) is 4.74 Å². The van der Waals surface area contributed by atoms with Crippen molar-refractivity contribution in [1.82, 2.24) is 0 Å². The van der Waals surface area contributed by atoms with Gasteiger partial charge < -0.3 is 4.74 Å². The maximum absolute atomic E-state index is 5.87. The Bertz CT molecular complexity index is 405. The molecule has 2 heteroatoms. The molecule has 2 aliphatic rings. The third-order valence-electron chi connectivity index (χ3n) is 3.51. The molecule has 2 fully saturated rings. The zero-order chi connectivity index (χ0) is 11.5. The average Bonchev–Trinajstić information content (AvgIpc) is 3.08. The monoisotopic (exact) mass is 229 g/mol. The number of hydrogen-bond donors (Lipinski definition) is 0. The van der Waals surface area contributed by atoms with E-state index >= 15 is 0 Å². The van der Waals surface area contributed by atoms with Gasteiger partial charge in [0.2, 0.25) is 0 Å². The Balaban J connectivity index is 1.58. The van der Waals surface area contributed by atoms with Crippen molar-refractivity contribution in [3.05, 3.63) is 29.8 Å². The van der Waals surface area contributed by atoms with Crippen LogP contribution in [-0.4, -0.2) is 18.9 Å². The smallest absolute Gasteiger partial charge is 0.120 e. The zero-order valence-corrected chi connectivity index (χ0v) is 10.1. The van der Waals surface area contributed by atoms with Crippen molar-refractivity contribution in [2.45, 2.75) is 38.2 Å². The van der Waals surface area contributed by atoms with Gasteiger partial charge in [0.15, 0.2) is 0 Å². The lowest BCUT2D eigenvalue weighted by Crippen LogP contribution is -2.24. The fraction of sp³-hybridized carbons (Fsp3) is 0.533. The van der Waals surface area contributed by atoms with Crippen LogP contribution in [-0.2, 0) is 0 Å². The highest BCUT2D eigenvalue weighted by Crippen LogP contribution is 2.29. The Morgan fingerprint density at radius 2 is 2.12 bits per heavy atom. The number of hydrogen-bond acceptors (Lipinski definition) is 2. The molecule has 2 saturated carbocycles. The number of ether oxygens (including phenoxy) is 1. The van der Waals surface area contributed by atoms with E-state index in [2.05, 4.69) is 17.1 Å². The average molecular weight is 229 g/mol. The summed E-state index contributed by atoms with van der Waals surface area (Å²) in [5.41, 5.74) is 1.16. The van der Waals surface area contributed by atoms with Crippen LogP contribution in [0.2, 0.25) is 0 Å². The van der Waals surface area contributed by atoms with Crippen LogP contribution in [0.1, 0.15) is 37.7 Å². The molecule has 3 rings (SSSR count). The van der Waals surface area contributed by atoms with E-state index in [-0.39, 0.29) is 0 Å². The predicted molar refractivity (Wildman–Crippen MR) is 69.9 cm³/mol. The lowest BCUT2D eigenvalue weighted by molar-refractivity contribution is 0.120. The number of nitrogens with zero attached hydrogens (tertiary/aromatic N) is 1. The lowest BCUT2D eigenvalue weighted by atomic mass is 9.96. The Morgan fingerprint density at radius 3 is 2.82 bits per heavy atom. The van der Waals surface area contributed by atoms with Crippen molar-refractivity contribution < 1.29 is 4.74 Å². The molecule has 0 amide bonds. The molecule has 2 nitrogen and oxygen atoms in total. The molecule has 90 valence electrons. The summed E-state index contributed by atoms with van der Waals surface area (Å²) in [6.45, 7) is 0.994. The third-order valence-corrected chi connectivity index (χ3v) is 3.51. The molecule has 0 spiro atoms. The molecule has 1 aromatic carbocycles. The van der Waals surface area contributed by atoms with Crippen molar-refractivity contribution in [1.29, 1.82) is 0 Å². The fourth-order valence-electron chi connectivity index (χ4n) is 1.96. The normalized spacial score (nSPS) is 20.5. The molecular formula is C15H19NO. The zero-order valence-electron chi connectivity index (χ0n) is 10.1. The van der Waals surface area contributed by atoms with Crippen molar-refractivity contribution in [3.63, 3.8) is 0 Å². The first-order valence-corrected chi connectivity index (χ1v) is 6.67. The van der Waals surface area contributed by atoms with Gasteiger partial charge in [-0.25, -0.2) is 0 Å². The Hall–Kier alpha value is -1.31. The largest absolute Gasteiger partial charge is 0.490 e. The van der Waals surface area contributed by atoms with E-state index in [1.54, 1.807) is 0 Å². The molecule has 0 aromatic heterocycles. The van der Waals surface area contributed by atoms with Crippen molar-refractivity contribution >= 4 is 6.21 Å². The Kier molecular flexibility index (Phi) is 3.12. The second kappa shape index (κ2) is 4.91. The first kappa shape index (κ1) is 10.8. The van der Waals surface area contributed by atoms with Crippen LogP contribution in [0, 0.1) is 5.92 Å². The first-order chi connectivity index (χ1) is 8.40. The minimum atomic E-state index is 0.452. The SMILES string of the molecule is C(=NCC1CC1)c1cccc(OC2CCC2)c1. The Morgan fingerprint density at radius 1 is 1.24 bits per heavy atom. The van der Waals surface area contributed by atoms with Crippen LogP contribution >= 0.6 is 0 Å². The van der Waals surface area contributed by atoms with E-state index in [0.29, 0.717) is 6.10 Å². The molecule has 0 unspecified atom stereocenters. The highest BCUT2D eigenvalue weighted by atomic mass is 16.5. The molecule has 0 heterocycles. The number of rotatable bonds is 5. The van der Waals surface area contributed by atoms with Gasteiger partial charge in [0.25, 0.3) is 0 Å². The molecular weight excluding hydrogens is 210 g/mol. The molecule has 17 heavy (non-hydrogen) atoms. The van der Waals surface area contributed by atoms with Gasteiger partial charge in [0.1, 0.15) is 5.75 Å². The highest BCUT2D eigenvalue weighted by Gasteiger charge is 2.20. The standard InChI is InChI=1S/C15H19NO/c1-3-13(11-16-10-12-7-8-12)9-15(6-1)17-14-4-2-5-14/h1,3,6,9,11-12,14H,2,4-5,7-8,10H2. The highest BCUT2D eigenvalue weighted by molar-refractivity contribution is 5.80. The third kappa shape index (κ3) is 3.09. The van der Waals surface area contributed by atoms with Crippen LogP contribution in [0.15, 0.2) is 29.3 Å². The number of aliphatic imine (C=N–C) groups is 1. The summed E-state index contributed by atoms with van der Waals surface area (Å²) in [7, 11) is 0. The second-order valence-electron chi connectivity index (χ2n) is 5.18. The summed E-state index contributed by atoms with van der Waals surface area (Å²) in [5, 5.41) is 0. The van der Waals surface area contributed by atoms with E-state index in [1.807, 2.05) is 18.3 Å². The van der Waals surface area contributed by atoms with E-state index < -0.39 is 0 Å². The Labute approximate surface area is 103 Å². The van der Waals surface area contributed by atoms with Gasteiger partial charge in [-0.05, 0) is 55.7 Å². The summed E-state index contributed by atoms with van der Waals surface area (Å²) in [6, 6.07) is 8.27. The molecule has 0 atom stereocenters. The van der Waals surface area contributed by atoms with Crippen LogP contribution in [0.4, 0.5) is 0 Å². The quantitative estimate of drug-likeness (QED) is 0.709. The van der Waals surface area contributed by atoms with Gasteiger partial charge in [0.05, 0.1) is 6.10 Å². The maximum Gasteiger partial charge on any atom is 0.120 e. The summed E-state index contributed by atoms with van der Waals surface area (Å²) >= 11 is 0. The minimum Gasteiger partial charge on any atom is -0.490 e. The molecule has 1 aromatic rings. The maximum atomic E-state index is 5.87. The predicted octanol–water partition coefficient (Wildman–Crippen LogP) is 3.45. The van der Waals surface area contributed by atoms with E-state index in [1.165, 1.54) is 32.1 Å². The van der Waals surface area contributed by atoms with Gasteiger partial charge in [-0.15, -0.1) is 0 Å².